The zero-order chi connectivity index (χ0) is 16.1. The van der Waals surface area contributed by atoms with Gasteiger partial charge < -0.3 is 14.5 Å². The molecule has 0 aliphatic carbocycles. The van der Waals surface area contributed by atoms with E-state index in [1.165, 1.54) is 7.11 Å². The van der Waals surface area contributed by atoms with Crippen molar-refractivity contribution >= 4 is 5.91 Å². The summed E-state index contributed by atoms with van der Waals surface area (Å²) in [5.41, 5.74) is 0.572. The van der Waals surface area contributed by atoms with Crippen LogP contribution in [0.4, 0.5) is 0 Å². The van der Waals surface area contributed by atoms with Crippen LogP contribution in [0.2, 0.25) is 0 Å². The van der Waals surface area contributed by atoms with Gasteiger partial charge in [0.2, 0.25) is 5.88 Å². The van der Waals surface area contributed by atoms with E-state index in [9.17, 15) is 4.79 Å². The second-order valence-corrected chi connectivity index (χ2v) is 5.77. The van der Waals surface area contributed by atoms with Crippen molar-refractivity contribution in [3.63, 3.8) is 0 Å². The van der Waals surface area contributed by atoms with Crippen LogP contribution in [0.15, 0.2) is 41.1 Å². The zero-order valence-corrected chi connectivity index (χ0v) is 13.2. The predicted octanol–water partition coefficient (Wildman–Crippen LogP) is 1.94. The number of rotatable bonds is 6. The van der Waals surface area contributed by atoms with Crippen molar-refractivity contribution < 1.29 is 13.9 Å². The van der Waals surface area contributed by atoms with Crippen molar-refractivity contribution in [2.75, 3.05) is 26.7 Å². The van der Waals surface area contributed by atoms with Gasteiger partial charge in [0.15, 0.2) is 0 Å². The molecule has 1 atom stereocenters. The molecule has 0 spiro atoms. The number of amides is 1. The molecule has 122 valence electrons. The van der Waals surface area contributed by atoms with E-state index < -0.39 is 0 Å². The van der Waals surface area contributed by atoms with Gasteiger partial charge in [0.25, 0.3) is 5.91 Å². The first-order valence-electron chi connectivity index (χ1n) is 7.77. The maximum Gasteiger partial charge on any atom is 0.251 e. The molecule has 6 heteroatoms. The molecule has 6 nitrogen and oxygen atoms in total. The van der Waals surface area contributed by atoms with E-state index in [-0.39, 0.29) is 5.91 Å². The SMILES string of the molecule is COc1cc(C(=O)NC[C@H]2CCN(Cc3ccco3)C2)ccn1. The monoisotopic (exact) mass is 315 g/mol. The third-order valence-electron chi connectivity index (χ3n) is 4.09. The van der Waals surface area contributed by atoms with Gasteiger partial charge in [-0.1, -0.05) is 0 Å². The van der Waals surface area contributed by atoms with E-state index in [1.54, 1.807) is 24.6 Å². The Morgan fingerprint density at radius 1 is 1.52 bits per heavy atom. The van der Waals surface area contributed by atoms with Crippen LogP contribution in [0.1, 0.15) is 22.5 Å². The first-order chi connectivity index (χ1) is 11.2. The zero-order valence-electron chi connectivity index (χ0n) is 13.2. The molecule has 2 aromatic rings. The molecule has 1 amide bonds. The first-order valence-corrected chi connectivity index (χ1v) is 7.77. The summed E-state index contributed by atoms with van der Waals surface area (Å²) >= 11 is 0. The normalized spacial score (nSPS) is 18.0. The quantitative estimate of drug-likeness (QED) is 0.882. The standard InChI is InChI=1S/C17H21N3O3/c1-22-16-9-14(4-6-18-16)17(21)19-10-13-5-7-20(11-13)12-15-3-2-8-23-15/h2-4,6,8-9,13H,5,7,10-12H2,1H3,(H,19,21)/t13-/m1/s1. The van der Waals surface area contributed by atoms with Crippen LogP contribution in [-0.4, -0.2) is 42.5 Å². The molecule has 1 N–H and O–H groups in total. The summed E-state index contributed by atoms with van der Waals surface area (Å²) in [5.74, 6) is 1.81. The molecule has 1 saturated heterocycles. The second-order valence-electron chi connectivity index (χ2n) is 5.77. The topological polar surface area (TPSA) is 67.6 Å². The van der Waals surface area contributed by atoms with E-state index in [1.807, 2.05) is 12.1 Å². The number of hydrogen-bond donors (Lipinski definition) is 1. The minimum Gasteiger partial charge on any atom is -0.481 e. The number of hydrogen-bond acceptors (Lipinski definition) is 5. The van der Waals surface area contributed by atoms with Crippen LogP contribution in [0.5, 0.6) is 5.88 Å². The van der Waals surface area contributed by atoms with Gasteiger partial charge in [-0.05, 0) is 37.1 Å². The average molecular weight is 315 g/mol. The predicted molar refractivity (Wildman–Crippen MR) is 85.2 cm³/mol. The van der Waals surface area contributed by atoms with Crippen molar-refractivity contribution in [2.45, 2.75) is 13.0 Å². The Hall–Kier alpha value is -2.34. The summed E-state index contributed by atoms with van der Waals surface area (Å²) in [7, 11) is 1.54. The number of furan rings is 1. The number of ether oxygens (including phenoxy) is 1. The van der Waals surface area contributed by atoms with Crippen molar-refractivity contribution in [3.05, 3.63) is 48.0 Å². The van der Waals surface area contributed by atoms with Crippen molar-refractivity contribution in [1.29, 1.82) is 0 Å². The summed E-state index contributed by atoms with van der Waals surface area (Å²) < 4.78 is 10.4. The molecular weight excluding hydrogens is 294 g/mol. The minimum absolute atomic E-state index is 0.0878. The molecular formula is C17H21N3O3. The number of pyridine rings is 1. The number of carbonyl (C=O) groups is 1. The van der Waals surface area contributed by atoms with E-state index in [4.69, 9.17) is 9.15 Å². The highest BCUT2D eigenvalue weighted by atomic mass is 16.5. The minimum atomic E-state index is -0.0878. The Kier molecular flexibility index (Phi) is 4.92. The number of nitrogens with one attached hydrogen (secondary N) is 1. The number of methoxy groups -OCH3 is 1. The lowest BCUT2D eigenvalue weighted by Crippen LogP contribution is -2.31. The lowest BCUT2D eigenvalue weighted by Gasteiger charge is -2.15. The number of aromatic nitrogens is 1. The fourth-order valence-electron chi connectivity index (χ4n) is 2.85. The molecule has 3 rings (SSSR count). The smallest absolute Gasteiger partial charge is 0.251 e. The fourth-order valence-corrected chi connectivity index (χ4v) is 2.85. The molecule has 3 heterocycles. The van der Waals surface area contributed by atoms with E-state index in [0.717, 1.165) is 31.8 Å². The lowest BCUT2D eigenvalue weighted by molar-refractivity contribution is 0.0946. The Labute approximate surface area is 135 Å². The van der Waals surface area contributed by atoms with Crippen LogP contribution in [0.25, 0.3) is 0 Å². The van der Waals surface area contributed by atoms with E-state index in [2.05, 4.69) is 15.2 Å². The fraction of sp³-hybridized carbons (Fsp3) is 0.412. The van der Waals surface area contributed by atoms with Gasteiger partial charge in [0.1, 0.15) is 5.76 Å². The highest BCUT2D eigenvalue weighted by Crippen LogP contribution is 2.18. The summed E-state index contributed by atoms with van der Waals surface area (Å²) in [4.78, 5) is 18.5. The maximum atomic E-state index is 12.2. The molecule has 0 unspecified atom stereocenters. The third kappa shape index (κ3) is 4.10. The molecule has 0 saturated carbocycles. The van der Waals surface area contributed by atoms with E-state index >= 15 is 0 Å². The first kappa shape index (κ1) is 15.6. The third-order valence-corrected chi connectivity index (χ3v) is 4.09. The van der Waals surface area contributed by atoms with Gasteiger partial charge in [0, 0.05) is 30.9 Å². The molecule has 0 radical (unpaired) electrons. The van der Waals surface area contributed by atoms with Crippen molar-refractivity contribution in [3.8, 4) is 5.88 Å². The highest BCUT2D eigenvalue weighted by molar-refractivity contribution is 5.94. The Balaban J connectivity index is 1.46. The Morgan fingerprint density at radius 3 is 3.22 bits per heavy atom. The van der Waals surface area contributed by atoms with Crippen LogP contribution < -0.4 is 10.1 Å². The average Bonchev–Trinajstić information content (AvgIpc) is 3.25. The number of nitrogens with zero attached hydrogens (tertiary/aromatic N) is 2. The number of likely N-dealkylation sites (tertiary alicyclic amines) is 1. The van der Waals surface area contributed by atoms with Gasteiger partial charge in [-0.25, -0.2) is 4.98 Å². The molecule has 1 aliphatic rings. The lowest BCUT2D eigenvalue weighted by atomic mass is 10.1. The largest absolute Gasteiger partial charge is 0.481 e. The van der Waals surface area contributed by atoms with Gasteiger partial charge in [-0.2, -0.15) is 0 Å². The van der Waals surface area contributed by atoms with Crippen LogP contribution in [0, 0.1) is 5.92 Å². The molecule has 23 heavy (non-hydrogen) atoms. The molecule has 0 bridgehead atoms. The summed E-state index contributed by atoms with van der Waals surface area (Å²) in [6.07, 6.45) is 4.36. The van der Waals surface area contributed by atoms with Crippen LogP contribution >= 0.6 is 0 Å². The molecule has 0 aromatic carbocycles. The van der Waals surface area contributed by atoms with Crippen LogP contribution in [0.3, 0.4) is 0 Å². The second kappa shape index (κ2) is 7.28. The summed E-state index contributed by atoms with van der Waals surface area (Å²) in [6, 6.07) is 7.24. The van der Waals surface area contributed by atoms with Crippen molar-refractivity contribution in [1.82, 2.24) is 15.2 Å². The molecule has 1 aliphatic heterocycles. The maximum absolute atomic E-state index is 12.2. The number of carbonyl (C=O) groups excluding carboxylic acids is 1. The van der Waals surface area contributed by atoms with E-state index in [0.29, 0.717) is 23.9 Å². The van der Waals surface area contributed by atoms with Gasteiger partial charge in [-0.15, -0.1) is 0 Å². The highest BCUT2D eigenvalue weighted by Gasteiger charge is 2.23. The van der Waals surface area contributed by atoms with Gasteiger partial charge in [-0.3, -0.25) is 9.69 Å². The molecule has 1 fully saturated rings. The van der Waals surface area contributed by atoms with Gasteiger partial charge >= 0.3 is 0 Å². The summed E-state index contributed by atoms with van der Waals surface area (Å²) in [6.45, 7) is 3.52. The summed E-state index contributed by atoms with van der Waals surface area (Å²) in [5, 5.41) is 3.00. The van der Waals surface area contributed by atoms with Crippen LogP contribution in [-0.2, 0) is 6.54 Å². The molecule has 2 aromatic heterocycles. The Morgan fingerprint density at radius 2 is 2.43 bits per heavy atom. The van der Waals surface area contributed by atoms with Crippen molar-refractivity contribution in [2.24, 2.45) is 5.92 Å². The Bertz CT molecular complexity index is 642. The van der Waals surface area contributed by atoms with Gasteiger partial charge in [0.05, 0.1) is 19.9 Å².